The van der Waals surface area contributed by atoms with Crippen LogP contribution in [0.5, 0.6) is 5.75 Å². The van der Waals surface area contributed by atoms with Crippen LogP contribution in [0.1, 0.15) is 18.9 Å². The predicted octanol–water partition coefficient (Wildman–Crippen LogP) is 2.21. The molecule has 0 atom stereocenters. The molecule has 7 heteroatoms. The summed E-state index contributed by atoms with van der Waals surface area (Å²) in [5, 5.41) is 14.6. The van der Waals surface area contributed by atoms with Gasteiger partial charge in [-0.05, 0) is 24.1 Å². The molecule has 0 radical (unpaired) electrons. The molecule has 2 aromatic rings. The lowest BCUT2D eigenvalue weighted by Gasteiger charge is -2.07. The van der Waals surface area contributed by atoms with Crippen molar-refractivity contribution in [3.05, 3.63) is 46.1 Å². The highest BCUT2D eigenvalue weighted by atomic mass is 16.6. The molecule has 2 rings (SSSR count). The van der Waals surface area contributed by atoms with E-state index in [1.165, 1.54) is 4.68 Å². The summed E-state index contributed by atoms with van der Waals surface area (Å²) in [5.41, 5.74) is 6.44. The minimum absolute atomic E-state index is 0.0508. The van der Waals surface area contributed by atoms with E-state index in [0.717, 1.165) is 23.9 Å². The van der Waals surface area contributed by atoms with Gasteiger partial charge in [0, 0.05) is 0 Å². The Balaban J connectivity index is 2.15. The van der Waals surface area contributed by atoms with Crippen molar-refractivity contribution < 1.29 is 9.66 Å². The smallest absolute Gasteiger partial charge is 0.330 e. The van der Waals surface area contributed by atoms with Gasteiger partial charge in [-0.3, -0.25) is 10.1 Å². The molecule has 1 aromatic heterocycles. The van der Waals surface area contributed by atoms with Gasteiger partial charge in [0.15, 0.2) is 0 Å². The maximum atomic E-state index is 10.7. The van der Waals surface area contributed by atoms with Crippen molar-refractivity contribution >= 4 is 11.5 Å². The molecule has 1 heterocycles. The Hall–Kier alpha value is -2.57. The number of benzene rings is 1. The van der Waals surface area contributed by atoms with E-state index in [-0.39, 0.29) is 11.5 Å². The minimum atomic E-state index is -0.542. The average molecular weight is 276 g/mol. The van der Waals surface area contributed by atoms with Gasteiger partial charge in [-0.25, -0.2) is 4.68 Å². The number of nitro groups is 1. The molecule has 1 aromatic carbocycles. The zero-order chi connectivity index (χ0) is 14.5. The van der Waals surface area contributed by atoms with Crippen molar-refractivity contribution in [3.63, 3.8) is 0 Å². The molecular formula is C13H16N4O3. The monoisotopic (exact) mass is 276 g/mol. The molecule has 0 aliphatic heterocycles. The number of nitrogens with zero attached hydrogens (tertiary/aromatic N) is 3. The van der Waals surface area contributed by atoms with E-state index < -0.39 is 4.92 Å². The topological polar surface area (TPSA) is 96.2 Å². The molecule has 2 N–H and O–H groups in total. The second-order valence-electron chi connectivity index (χ2n) is 4.33. The lowest BCUT2D eigenvalue weighted by atomic mass is 10.2. The summed E-state index contributed by atoms with van der Waals surface area (Å²) in [5.74, 6) is 0.819. The number of rotatable bonds is 6. The second-order valence-corrected chi connectivity index (χ2v) is 4.33. The Labute approximate surface area is 116 Å². The lowest BCUT2D eigenvalue weighted by Crippen LogP contribution is -2.07. The van der Waals surface area contributed by atoms with Gasteiger partial charge in [-0.2, -0.15) is 5.10 Å². The van der Waals surface area contributed by atoms with E-state index in [1.54, 1.807) is 0 Å². The summed E-state index contributed by atoms with van der Waals surface area (Å²) < 4.78 is 6.94. The van der Waals surface area contributed by atoms with Crippen LogP contribution >= 0.6 is 0 Å². The van der Waals surface area contributed by atoms with Gasteiger partial charge in [0.1, 0.15) is 11.9 Å². The lowest BCUT2D eigenvalue weighted by molar-refractivity contribution is -0.384. The summed E-state index contributed by atoms with van der Waals surface area (Å²) in [6, 6.07) is 7.51. The fraction of sp³-hybridized carbons (Fsp3) is 0.308. The Morgan fingerprint density at radius 1 is 1.50 bits per heavy atom. The van der Waals surface area contributed by atoms with Crippen LogP contribution < -0.4 is 10.5 Å². The van der Waals surface area contributed by atoms with Crippen LogP contribution in [-0.2, 0) is 6.54 Å². The Morgan fingerprint density at radius 2 is 2.30 bits per heavy atom. The normalized spacial score (nSPS) is 10.4. The first kappa shape index (κ1) is 13.9. The number of hydrogen-bond donors (Lipinski definition) is 1. The minimum Gasteiger partial charge on any atom is -0.494 e. The number of nitrogen functional groups attached to an aromatic ring is 1. The first-order chi connectivity index (χ1) is 9.61. The van der Waals surface area contributed by atoms with Gasteiger partial charge in [-0.15, -0.1) is 0 Å². The summed E-state index contributed by atoms with van der Waals surface area (Å²) in [4.78, 5) is 10.2. The maximum Gasteiger partial charge on any atom is 0.330 e. The van der Waals surface area contributed by atoms with Crippen molar-refractivity contribution in [3.8, 4) is 5.75 Å². The molecule has 0 aliphatic rings. The molecular weight excluding hydrogens is 260 g/mol. The number of anilines is 1. The van der Waals surface area contributed by atoms with Gasteiger partial charge in [0.2, 0.25) is 5.82 Å². The summed E-state index contributed by atoms with van der Waals surface area (Å²) >= 11 is 0. The molecule has 0 bridgehead atoms. The quantitative estimate of drug-likeness (QED) is 0.644. The first-order valence-corrected chi connectivity index (χ1v) is 6.29. The molecule has 20 heavy (non-hydrogen) atoms. The van der Waals surface area contributed by atoms with Crippen LogP contribution in [0.2, 0.25) is 0 Å². The van der Waals surface area contributed by atoms with E-state index in [1.807, 2.05) is 31.2 Å². The summed E-state index contributed by atoms with van der Waals surface area (Å²) in [6.07, 6.45) is 2.09. The summed E-state index contributed by atoms with van der Waals surface area (Å²) in [7, 11) is 0. The fourth-order valence-corrected chi connectivity index (χ4v) is 1.78. The van der Waals surface area contributed by atoms with Crippen LogP contribution in [-0.4, -0.2) is 21.3 Å². The summed E-state index contributed by atoms with van der Waals surface area (Å²) in [6.45, 7) is 3.05. The van der Waals surface area contributed by atoms with Crippen molar-refractivity contribution in [2.75, 3.05) is 12.3 Å². The molecule has 0 amide bonds. The second kappa shape index (κ2) is 6.05. The Morgan fingerprint density at radius 3 is 2.95 bits per heavy atom. The van der Waals surface area contributed by atoms with E-state index >= 15 is 0 Å². The third-order valence-electron chi connectivity index (χ3n) is 2.76. The average Bonchev–Trinajstić information content (AvgIpc) is 2.78. The van der Waals surface area contributed by atoms with Crippen molar-refractivity contribution in [2.24, 2.45) is 0 Å². The molecule has 7 nitrogen and oxygen atoms in total. The van der Waals surface area contributed by atoms with Gasteiger partial charge in [0.05, 0.1) is 18.1 Å². The molecule has 0 spiro atoms. The highest BCUT2D eigenvalue weighted by molar-refractivity contribution is 5.51. The fourth-order valence-electron chi connectivity index (χ4n) is 1.78. The molecule has 106 valence electrons. The van der Waals surface area contributed by atoms with Crippen LogP contribution in [0, 0.1) is 10.1 Å². The number of nitrogens with two attached hydrogens (primary N) is 1. The molecule has 0 unspecified atom stereocenters. The van der Waals surface area contributed by atoms with E-state index in [9.17, 15) is 10.1 Å². The van der Waals surface area contributed by atoms with E-state index in [2.05, 4.69) is 5.10 Å². The largest absolute Gasteiger partial charge is 0.494 e. The highest BCUT2D eigenvalue weighted by Gasteiger charge is 2.17. The Kier molecular flexibility index (Phi) is 4.19. The third kappa shape index (κ3) is 3.05. The molecule has 0 saturated carbocycles. The molecule has 0 aliphatic carbocycles. The first-order valence-electron chi connectivity index (χ1n) is 6.29. The highest BCUT2D eigenvalue weighted by Crippen LogP contribution is 2.22. The van der Waals surface area contributed by atoms with Gasteiger partial charge in [-0.1, -0.05) is 19.1 Å². The van der Waals surface area contributed by atoms with E-state index in [0.29, 0.717) is 13.2 Å². The van der Waals surface area contributed by atoms with Crippen LogP contribution in [0.4, 0.5) is 11.5 Å². The van der Waals surface area contributed by atoms with Crippen molar-refractivity contribution in [2.45, 2.75) is 19.9 Å². The number of aromatic nitrogens is 2. The predicted molar refractivity (Wildman–Crippen MR) is 74.6 cm³/mol. The number of hydrogen-bond acceptors (Lipinski definition) is 5. The zero-order valence-corrected chi connectivity index (χ0v) is 11.2. The standard InChI is InChI=1S/C13H16N4O3/c1-2-6-20-11-5-3-4-10(7-11)9-16-13(14)12(8-15-16)17(18)19/h3-5,7-8H,2,6,9,14H2,1H3. The number of ether oxygens (including phenoxy) is 1. The van der Waals surface area contributed by atoms with Gasteiger partial charge >= 0.3 is 5.69 Å². The van der Waals surface area contributed by atoms with Crippen molar-refractivity contribution in [1.82, 2.24) is 9.78 Å². The van der Waals surface area contributed by atoms with Crippen LogP contribution in [0.25, 0.3) is 0 Å². The van der Waals surface area contributed by atoms with Gasteiger partial charge in [0.25, 0.3) is 0 Å². The van der Waals surface area contributed by atoms with Crippen molar-refractivity contribution in [1.29, 1.82) is 0 Å². The van der Waals surface area contributed by atoms with Crippen LogP contribution in [0.15, 0.2) is 30.5 Å². The molecule has 0 fully saturated rings. The zero-order valence-electron chi connectivity index (χ0n) is 11.2. The SMILES string of the molecule is CCCOc1cccc(Cn2ncc([N+](=O)[O-])c2N)c1. The van der Waals surface area contributed by atoms with E-state index in [4.69, 9.17) is 10.5 Å². The van der Waals surface area contributed by atoms with Gasteiger partial charge < -0.3 is 10.5 Å². The Bertz CT molecular complexity index is 609. The molecule has 0 saturated heterocycles. The van der Waals surface area contributed by atoms with Crippen LogP contribution in [0.3, 0.4) is 0 Å². The maximum absolute atomic E-state index is 10.7. The third-order valence-corrected chi connectivity index (χ3v) is 2.76.